The Morgan fingerprint density at radius 3 is 2.25 bits per heavy atom. The van der Waals surface area contributed by atoms with Crippen molar-refractivity contribution < 1.29 is 4.74 Å². The number of hydrogen-bond acceptors (Lipinski definition) is 5. The molecule has 2 aromatic carbocycles. The number of rotatable bonds is 4. The van der Waals surface area contributed by atoms with Crippen LogP contribution in [0.3, 0.4) is 0 Å². The molecule has 0 radical (unpaired) electrons. The molecule has 0 unspecified atom stereocenters. The van der Waals surface area contributed by atoms with Crippen molar-refractivity contribution in [3.05, 3.63) is 65.2 Å². The molecule has 0 aliphatic carbocycles. The molecule has 0 atom stereocenters. The van der Waals surface area contributed by atoms with Crippen LogP contribution in [-0.2, 0) is 4.74 Å². The Bertz CT molecular complexity index is 943. The van der Waals surface area contributed by atoms with E-state index >= 15 is 0 Å². The number of ether oxygens (including phenoxy) is 1. The summed E-state index contributed by atoms with van der Waals surface area (Å²) in [5, 5.41) is 3.55. The molecule has 0 spiro atoms. The molecule has 0 amide bonds. The molecule has 1 aromatic heterocycles. The van der Waals surface area contributed by atoms with Crippen molar-refractivity contribution in [3.63, 3.8) is 0 Å². The number of nitrogens with one attached hydrogen (secondary N) is 1. The second-order valence-electron chi connectivity index (χ2n) is 7.30. The van der Waals surface area contributed by atoms with Gasteiger partial charge in [0.2, 0.25) is 5.95 Å². The zero-order valence-electron chi connectivity index (χ0n) is 16.7. The van der Waals surface area contributed by atoms with E-state index in [1.165, 1.54) is 16.7 Å². The lowest BCUT2D eigenvalue weighted by atomic mass is 10.1. The van der Waals surface area contributed by atoms with Crippen molar-refractivity contribution in [1.29, 1.82) is 0 Å². The molecule has 28 heavy (non-hydrogen) atoms. The Morgan fingerprint density at radius 2 is 1.57 bits per heavy atom. The summed E-state index contributed by atoms with van der Waals surface area (Å²) in [6.45, 7) is 9.41. The predicted octanol–water partition coefficient (Wildman–Crippen LogP) is 4.65. The number of anilines is 3. The molecular weight excluding hydrogens is 348 g/mol. The third-order valence-electron chi connectivity index (χ3n) is 5.01. The van der Waals surface area contributed by atoms with Crippen LogP contribution < -0.4 is 10.2 Å². The van der Waals surface area contributed by atoms with E-state index in [-0.39, 0.29) is 0 Å². The van der Waals surface area contributed by atoms with E-state index in [0.29, 0.717) is 13.2 Å². The molecule has 1 fully saturated rings. The van der Waals surface area contributed by atoms with Gasteiger partial charge in [-0.2, -0.15) is 4.98 Å². The lowest BCUT2D eigenvalue weighted by Crippen LogP contribution is -2.37. The normalized spacial score (nSPS) is 14.2. The van der Waals surface area contributed by atoms with E-state index in [2.05, 4.69) is 55.3 Å². The van der Waals surface area contributed by atoms with Gasteiger partial charge in [-0.1, -0.05) is 48.0 Å². The summed E-state index contributed by atoms with van der Waals surface area (Å²) in [5.74, 6) is 1.56. The van der Waals surface area contributed by atoms with Gasteiger partial charge in [0.25, 0.3) is 0 Å². The van der Waals surface area contributed by atoms with Gasteiger partial charge in [0.1, 0.15) is 5.82 Å². The third kappa shape index (κ3) is 3.99. The first-order valence-corrected chi connectivity index (χ1v) is 9.72. The van der Waals surface area contributed by atoms with Gasteiger partial charge in [-0.25, -0.2) is 4.98 Å². The van der Waals surface area contributed by atoms with Gasteiger partial charge in [-0.3, -0.25) is 0 Å². The Hall–Kier alpha value is -2.92. The minimum Gasteiger partial charge on any atom is -0.378 e. The van der Waals surface area contributed by atoms with Crippen LogP contribution in [0.1, 0.15) is 16.7 Å². The summed E-state index contributed by atoms with van der Waals surface area (Å²) >= 11 is 0. The highest BCUT2D eigenvalue weighted by molar-refractivity contribution is 5.70. The molecule has 0 bridgehead atoms. The number of hydrogen-bond donors (Lipinski definition) is 1. The van der Waals surface area contributed by atoms with Gasteiger partial charge in [-0.05, 0) is 31.9 Å². The molecule has 1 aliphatic rings. The smallest absolute Gasteiger partial charge is 0.228 e. The summed E-state index contributed by atoms with van der Waals surface area (Å²) in [4.78, 5) is 11.9. The fourth-order valence-electron chi connectivity index (χ4n) is 3.67. The van der Waals surface area contributed by atoms with Crippen LogP contribution in [0, 0.1) is 20.8 Å². The second-order valence-corrected chi connectivity index (χ2v) is 7.30. The first-order chi connectivity index (χ1) is 13.6. The van der Waals surface area contributed by atoms with Crippen LogP contribution in [0.2, 0.25) is 0 Å². The third-order valence-corrected chi connectivity index (χ3v) is 5.01. The van der Waals surface area contributed by atoms with Crippen molar-refractivity contribution >= 4 is 17.5 Å². The van der Waals surface area contributed by atoms with Gasteiger partial charge < -0.3 is 15.0 Å². The maximum Gasteiger partial charge on any atom is 0.228 e. The Kier molecular flexibility index (Phi) is 5.26. The first kappa shape index (κ1) is 18.4. The number of aryl methyl sites for hydroxylation is 3. The SMILES string of the molecule is Cc1cc(C)c(Nc2cc(-c3ccccc3)nc(N3CCOCC3)n2)c(C)c1. The zero-order chi connectivity index (χ0) is 19.5. The molecule has 144 valence electrons. The van der Waals surface area contributed by atoms with Gasteiger partial charge in [-0.15, -0.1) is 0 Å². The highest BCUT2D eigenvalue weighted by Gasteiger charge is 2.17. The maximum absolute atomic E-state index is 5.49. The van der Waals surface area contributed by atoms with E-state index in [0.717, 1.165) is 41.8 Å². The van der Waals surface area contributed by atoms with E-state index < -0.39 is 0 Å². The van der Waals surface area contributed by atoms with Crippen molar-refractivity contribution in [3.8, 4) is 11.3 Å². The Labute approximate surface area is 166 Å². The predicted molar refractivity (Wildman–Crippen MR) is 114 cm³/mol. The fourth-order valence-corrected chi connectivity index (χ4v) is 3.67. The molecule has 1 N–H and O–H groups in total. The van der Waals surface area contributed by atoms with Crippen LogP contribution in [0.15, 0.2) is 48.5 Å². The van der Waals surface area contributed by atoms with Gasteiger partial charge in [0.15, 0.2) is 0 Å². The number of morpholine rings is 1. The van der Waals surface area contributed by atoms with E-state index in [1.54, 1.807) is 0 Å². The summed E-state index contributed by atoms with van der Waals surface area (Å²) in [5.41, 5.74) is 6.80. The van der Waals surface area contributed by atoms with E-state index in [4.69, 9.17) is 14.7 Å². The van der Waals surface area contributed by atoms with Crippen LogP contribution >= 0.6 is 0 Å². The molecule has 0 saturated carbocycles. The number of nitrogens with zero attached hydrogens (tertiary/aromatic N) is 3. The summed E-state index contributed by atoms with van der Waals surface area (Å²) in [6.07, 6.45) is 0. The Morgan fingerprint density at radius 1 is 0.893 bits per heavy atom. The highest BCUT2D eigenvalue weighted by Crippen LogP contribution is 2.29. The first-order valence-electron chi connectivity index (χ1n) is 9.72. The van der Waals surface area contributed by atoms with E-state index in [9.17, 15) is 0 Å². The number of benzene rings is 2. The van der Waals surface area contributed by atoms with Gasteiger partial charge >= 0.3 is 0 Å². The average Bonchev–Trinajstić information content (AvgIpc) is 2.72. The Balaban J connectivity index is 1.75. The molecule has 2 heterocycles. The topological polar surface area (TPSA) is 50.3 Å². The molecule has 1 saturated heterocycles. The minimum absolute atomic E-state index is 0.706. The summed E-state index contributed by atoms with van der Waals surface area (Å²) < 4.78 is 5.49. The monoisotopic (exact) mass is 374 g/mol. The molecule has 3 aromatic rings. The highest BCUT2D eigenvalue weighted by atomic mass is 16.5. The average molecular weight is 374 g/mol. The van der Waals surface area contributed by atoms with E-state index in [1.807, 2.05) is 24.3 Å². The van der Waals surface area contributed by atoms with Crippen molar-refractivity contribution in [2.75, 3.05) is 36.5 Å². The van der Waals surface area contributed by atoms with Crippen LogP contribution in [-0.4, -0.2) is 36.3 Å². The zero-order valence-corrected chi connectivity index (χ0v) is 16.7. The quantitative estimate of drug-likeness (QED) is 0.720. The molecule has 1 aliphatic heterocycles. The minimum atomic E-state index is 0.706. The lowest BCUT2D eigenvalue weighted by Gasteiger charge is -2.27. The van der Waals surface area contributed by atoms with Crippen LogP contribution in [0.5, 0.6) is 0 Å². The second kappa shape index (κ2) is 7.98. The molecule has 5 nitrogen and oxygen atoms in total. The molecule has 5 heteroatoms. The lowest BCUT2D eigenvalue weighted by molar-refractivity contribution is 0.122. The standard InChI is InChI=1S/C23H26N4O/c1-16-13-17(2)22(18(3)14-16)25-21-15-20(19-7-5-4-6-8-19)24-23(26-21)27-9-11-28-12-10-27/h4-8,13-15H,9-12H2,1-3H3,(H,24,25,26). The maximum atomic E-state index is 5.49. The van der Waals surface area contributed by atoms with Crippen molar-refractivity contribution in [2.45, 2.75) is 20.8 Å². The largest absolute Gasteiger partial charge is 0.378 e. The van der Waals surface area contributed by atoms with Crippen LogP contribution in [0.25, 0.3) is 11.3 Å². The van der Waals surface area contributed by atoms with Crippen LogP contribution in [0.4, 0.5) is 17.5 Å². The van der Waals surface area contributed by atoms with Crippen molar-refractivity contribution in [2.24, 2.45) is 0 Å². The number of aromatic nitrogens is 2. The fraction of sp³-hybridized carbons (Fsp3) is 0.304. The van der Waals surface area contributed by atoms with Gasteiger partial charge in [0, 0.05) is 30.4 Å². The summed E-state index contributed by atoms with van der Waals surface area (Å²) in [6, 6.07) is 16.7. The molecular formula is C23H26N4O. The summed E-state index contributed by atoms with van der Waals surface area (Å²) in [7, 11) is 0. The van der Waals surface area contributed by atoms with Gasteiger partial charge in [0.05, 0.1) is 18.9 Å². The molecule has 4 rings (SSSR count). The van der Waals surface area contributed by atoms with Crippen molar-refractivity contribution in [1.82, 2.24) is 9.97 Å².